The van der Waals surface area contributed by atoms with Crippen LogP contribution in [0.15, 0.2) is 85.1 Å². The Bertz CT molecular complexity index is 1800. The largest absolute Gasteiger partial charge is 0.479 e. The fraction of sp³-hybridized carbons (Fsp3) is 0.753. The third-order valence-electron chi connectivity index (χ3n) is 15.5. The topological polar surface area (TPSA) is 175 Å². The number of ether oxygens (including phenoxy) is 5. The first kappa shape index (κ1) is 78.9. The van der Waals surface area contributed by atoms with Crippen LogP contribution in [-0.4, -0.2) is 89.2 Å². The number of carboxylic acid groups (broad SMARTS) is 1. The molecule has 0 aromatic rings. The summed E-state index contributed by atoms with van der Waals surface area (Å²) in [4.78, 5) is 51.5. The van der Waals surface area contributed by atoms with Crippen LogP contribution >= 0.6 is 0 Å². The minimum Gasteiger partial charge on any atom is -0.479 e. The highest BCUT2D eigenvalue weighted by Gasteiger charge is 2.50. The number of allylic oxidation sites excluding steroid dienone is 14. The van der Waals surface area contributed by atoms with Crippen LogP contribution in [0.1, 0.15) is 303 Å². The zero-order valence-corrected chi connectivity index (χ0v) is 54.1. The normalized spacial score (nSPS) is 18.0. The van der Waals surface area contributed by atoms with Gasteiger partial charge in [-0.3, -0.25) is 14.4 Å². The van der Waals surface area contributed by atoms with E-state index >= 15 is 0 Å². The van der Waals surface area contributed by atoms with E-state index in [0.29, 0.717) is 19.3 Å². The fourth-order valence-electron chi connectivity index (χ4n) is 10.2. The van der Waals surface area contributed by atoms with Gasteiger partial charge in [0.15, 0.2) is 24.6 Å². The molecule has 0 aromatic carbocycles. The van der Waals surface area contributed by atoms with Crippen LogP contribution in [0.25, 0.3) is 0 Å². The van der Waals surface area contributed by atoms with Gasteiger partial charge in [0, 0.05) is 19.3 Å². The number of aliphatic hydroxyl groups is 2. The molecule has 12 heteroatoms. The molecule has 0 aliphatic carbocycles. The SMILES string of the molecule is CC/C=C\C/C=C\C/C=C\C/C=C\C/C=C\CCCCCC(=O)OCC(COC1OC(C(=O)O)C(O)C(O)C1OC(=O)CCCCCCCCCCC/C=C\C/C=C\CCCCC)OC(=O)CCCCCCCCCCCCCCCCCCC. The predicted octanol–water partition coefficient (Wildman–Crippen LogP) is 19.0. The van der Waals surface area contributed by atoms with Crippen LogP contribution in [0.5, 0.6) is 0 Å². The molecule has 0 radical (unpaired) electrons. The van der Waals surface area contributed by atoms with Gasteiger partial charge in [-0.15, -0.1) is 0 Å². The third-order valence-corrected chi connectivity index (χ3v) is 15.5. The van der Waals surface area contributed by atoms with E-state index in [-0.39, 0.29) is 25.9 Å². The van der Waals surface area contributed by atoms with Gasteiger partial charge in [0.25, 0.3) is 0 Å². The zero-order chi connectivity index (χ0) is 61.7. The van der Waals surface area contributed by atoms with E-state index in [1.165, 1.54) is 135 Å². The fourth-order valence-corrected chi connectivity index (χ4v) is 10.2. The molecule has 3 N–H and O–H groups in total. The summed E-state index contributed by atoms with van der Waals surface area (Å²) in [5, 5.41) is 31.7. The highest BCUT2D eigenvalue weighted by molar-refractivity contribution is 5.74. The number of carboxylic acids is 1. The number of unbranched alkanes of at least 4 members (excludes halogenated alkanes) is 31. The average Bonchev–Trinajstić information content (AvgIpc) is 3.51. The summed E-state index contributed by atoms with van der Waals surface area (Å²) in [6.07, 6.45) is 66.7. The Labute approximate surface area is 518 Å². The molecule has 6 unspecified atom stereocenters. The van der Waals surface area contributed by atoms with Crippen LogP contribution in [0.4, 0.5) is 0 Å². The number of carbonyl (C=O) groups excluding carboxylic acids is 3. The molecule has 0 saturated carbocycles. The number of hydrogen-bond acceptors (Lipinski definition) is 11. The monoisotopic (exact) mass is 1190 g/mol. The summed E-state index contributed by atoms with van der Waals surface area (Å²) in [6, 6.07) is 0. The molecule has 1 heterocycles. The average molecular weight is 1190 g/mol. The Hall–Kier alpha value is -4.10. The maximum absolute atomic E-state index is 13.2. The third kappa shape index (κ3) is 49.6. The highest BCUT2D eigenvalue weighted by atomic mass is 16.7. The summed E-state index contributed by atoms with van der Waals surface area (Å²) in [6.45, 7) is 5.88. The van der Waals surface area contributed by atoms with Crippen molar-refractivity contribution in [2.24, 2.45) is 0 Å². The number of esters is 3. The van der Waals surface area contributed by atoms with E-state index < -0.39 is 67.3 Å². The molecule has 0 aromatic heterocycles. The lowest BCUT2D eigenvalue weighted by atomic mass is 9.98. The van der Waals surface area contributed by atoms with Crippen molar-refractivity contribution in [1.29, 1.82) is 0 Å². The standard InChI is InChI=1S/C73H124O12/c1-4-7-10-13-16-19-22-25-28-31-33-36-38-41-44-47-50-53-56-59-65(74)81-62-64(83-66(75)60-57-54-51-48-45-42-39-35-30-27-24-21-18-15-12-9-6-3)63-82-73-71(69(78)68(77)70(85-73)72(79)80)84-67(76)61-58-55-52-49-46-43-40-37-34-32-29-26-23-20-17-14-11-8-5-2/h7,10,16-17,19-20,25-26,28-29,33,36,41,44,64,68-71,73,77-78H,4-6,8-9,11-15,18,21-24,27,30-32,34-35,37-40,42-43,45-63H2,1-3H3,(H,79,80)/b10-7-,19-16-,20-17-,28-25-,29-26-,36-33-,44-41-. The smallest absolute Gasteiger partial charge is 0.335 e. The molecule has 6 atom stereocenters. The van der Waals surface area contributed by atoms with Crippen LogP contribution < -0.4 is 0 Å². The first-order valence-corrected chi connectivity index (χ1v) is 34.6. The second kappa shape index (κ2) is 60.2. The molecule has 12 nitrogen and oxygen atoms in total. The van der Waals surface area contributed by atoms with Gasteiger partial charge in [-0.05, 0) is 96.3 Å². The van der Waals surface area contributed by atoms with Gasteiger partial charge in [0.2, 0.25) is 0 Å². The van der Waals surface area contributed by atoms with Crippen LogP contribution in [0, 0.1) is 0 Å². The Morgan fingerprint density at radius 2 is 0.741 bits per heavy atom. The Balaban J connectivity index is 2.66. The molecule has 0 amide bonds. The lowest BCUT2D eigenvalue weighted by molar-refractivity contribution is -0.301. The van der Waals surface area contributed by atoms with Gasteiger partial charge in [-0.1, -0.05) is 273 Å². The maximum atomic E-state index is 13.2. The van der Waals surface area contributed by atoms with Crippen molar-refractivity contribution in [3.8, 4) is 0 Å². The van der Waals surface area contributed by atoms with Crippen molar-refractivity contribution < 1.29 is 58.2 Å². The predicted molar refractivity (Wildman–Crippen MR) is 349 cm³/mol. The molecular formula is C73H124O12. The molecule has 0 spiro atoms. The minimum absolute atomic E-state index is 0.0511. The molecule has 488 valence electrons. The van der Waals surface area contributed by atoms with Crippen molar-refractivity contribution in [2.45, 2.75) is 340 Å². The Kier molecular flexibility index (Phi) is 55.9. The van der Waals surface area contributed by atoms with Crippen molar-refractivity contribution in [1.82, 2.24) is 0 Å². The van der Waals surface area contributed by atoms with Gasteiger partial charge in [-0.2, -0.15) is 0 Å². The number of hydrogen-bond donors (Lipinski definition) is 3. The maximum Gasteiger partial charge on any atom is 0.335 e. The molecule has 1 aliphatic heterocycles. The summed E-state index contributed by atoms with van der Waals surface area (Å²) < 4.78 is 28.6. The highest BCUT2D eigenvalue weighted by Crippen LogP contribution is 2.27. The number of aliphatic carboxylic acids is 1. The Morgan fingerprint density at radius 1 is 0.400 bits per heavy atom. The quantitative estimate of drug-likeness (QED) is 0.0228. The van der Waals surface area contributed by atoms with Crippen molar-refractivity contribution in [3.63, 3.8) is 0 Å². The Morgan fingerprint density at radius 3 is 1.16 bits per heavy atom. The first-order chi connectivity index (χ1) is 41.6. The number of rotatable bonds is 59. The van der Waals surface area contributed by atoms with Crippen LogP contribution in [0.3, 0.4) is 0 Å². The van der Waals surface area contributed by atoms with Gasteiger partial charge < -0.3 is 39.0 Å². The summed E-state index contributed by atoms with van der Waals surface area (Å²) in [7, 11) is 0. The van der Waals surface area contributed by atoms with Gasteiger partial charge in [-0.25, -0.2) is 4.79 Å². The lowest BCUT2D eigenvalue weighted by Gasteiger charge is -2.40. The van der Waals surface area contributed by atoms with Crippen LogP contribution in [-0.2, 0) is 42.9 Å². The van der Waals surface area contributed by atoms with Crippen LogP contribution in [0.2, 0.25) is 0 Å². The van der Waals surface area contributed by atoms with Crippen molar-refractivity contribution >= 4 is 23.9 Å². The van der Waals surface area contributed by atoms with Crippen molar-refractivity contribution in [3.05, 3.63) is 85.1 Å². The lowest BCUT2D eigenvalue weighted by Crippen LogP contribution is -2.61. The van der Waals surface area contributed by atoms with Gasteiger partial charge in [0.05, 0.1) is 6.61 Å². The molecule has 0 bridgehead atoms. The van der Waals surface area contributed by atoms with E-state index in [9.17, 15) is 34.5 Å². The molecular weight excluding hydrogens is 1070 g/mol. The van der Waals surface area contributed by atoms with E-state index in [4.69, 9.17) is 23.7 Å². The first-order valence-electron chi connectivity index (χ1n) is 34.6. The van der Waals surface area contributed by atoms with Gasteiger partial charge in [0.1, 0.15) is 18.8 Å². The molecule has 1 saturated heterocycles. The summed E-state index contributed by atoms with van der Waals surface area (Å²) in [5.41, 5.74) is 0. The number of aliphatic hydroxyl groups excluding tert-OH is 2. The van der Waals surface area contributed by atoms with E-state index in [1.54, 1.807) is 0 Å². The molecule has 85 heavy (non-hydrogen) atoms. The second-order valence-corrected chi connectivity index (χ2v) is 23.4. The molecule has 1 rings (SSSR count). The van der Waals surface area contributed by atoms with E-state index in [0.717, 1.165) is 109 Å². The summed E-state index contributed by atoms with van der Waals surface area (Å²) in [5.74, 6) is -3.15. The zero-order valence-electron chi connectivity index (χ0n) is 54.1. The second-order valence-electron chi connectivity index (χ2n) is 23.4. The van der Waals surface area contributed by atoms with Crippen molar-refractivity contribution in [2.75, 3.05) is 13.2 Å². The summed E-state index contributed by atoms with van der Waals surface area (Å²) >= 11 is 0. The van der Waals surface area contributed by atoms with E-state index in [2.05, 4.69) is 106 Å². The minimum atomic E-state index is -1.91. The van der Waals surface area contributed by atoms with Gasteiger partial charge >= 0.3 is 23.9 Å². The molecule has 1 fully saturated rings. The van der Waals surface area contributed by atoms with E-state index in [1.807, 2.05) is 0 Å². The molecule has 1 aliphatic rings. The number of carbonyl (C=O) groups is 4.